The summed E-state index contributed by atoms with van der Waals surface area (Å²) < 4.78 is 22.7. The van der Waals surface area contributed by atoms with E-state index in [1.165, 1.54) is 12.1 Å². The molecule has 0 aliphatic rings. The molecule has 7 heteroatoms. The van der Waals surface area contributed by atoms with E-state index < -0.39 is 9.05 Å². The smallest absolute Gasteiger partial charge is 0.224 e. The van der Waals surface area contributed by atoms with E-state index in [1.807, 2.05) is 0 Å². The van der Waals surface area contributed by atoms with Gasteiger partial charge in [-0.05, 0) is 12.1 Å². The zero-order valence-corrected chi connectivity index (χ0v) is 10.7. The van der Waals surface area contributed by atoms with Crippen LogP contribution < -0.4 is 0 Å². The third kappa shape index (κ3) is 2.11. The maximum Gasteiger partial charge on any atom is 0.261 e. The average Bonchev–Trinajstić information content (AvgIpc) is 2.15. The first-order chi connectivity index (χ1) is 7.39. The Morgan fingerprint density at radius 2 is 1.81 bits per heavy atom. The number of rotatable bonds is 1. The summed E-state index contributed by atoms with van der Waals surface area (Å²) in [5, 5.41) is 1.12. The van der Waals surface area contributed by atoms with Crippen molar-refractivity contribution in [2.24, 2.45) is 0 Å². The summed E-state index contributed by atoms with van der Waals surface area (Å²) in [6.45, 7) is 0. The molecule has 0 spiro atoms. The maximum atomic E-state index is 11.3. The van der Waals surface area contributed by atoms with Gasteiger partial charge < -0.3 is 0 Å². The highest BCUT2D eigenvalue weighted by molar-refractivity contribution is 8.14. The van der Waals surface area contributed by atoms with Crippen LogP contribution >= 0.6 is 33.9 Å². The molecule has 2 aromatic rings. The van der Waals surface area contributed by atoms with Gasteiger partial charge in [-0.1, -0.05) is 35.3 Å². The molecular formula is C9H4Cl3NO2S. The number of benzene rings is 1. The Kier molecular flexibility index (Phi) is 3.01. The molecule has 2 rings (SSSR count). The summed E-state index contributed by atoms with van der Waals surface area (Å²) in [4.78, 5) is 3.79. The predicted octanol–water partition coefficient (Wildman–Crippen LogP) is 3.47. The van der Waals surface area contributed by atoms with Crippen molar-refractivity contribution in [2.75, 3.05) is 0 Å². The SMILES string of the molecule is O=S(=O)(Cl)c1cccc2c(Cl)nc(Cl)cc12. The standard InChI is InChI=1S/C9H4Cl3NO2S/c10-8-4-6-5(9(11)13-8)2-1-3-7(6)16(12,14)15/h1-4H. The molecule has 16 heavy (non-hydrogen) atoms. The normalized spacial score (nSPS) is 11.9. The largest absolute Gasteiger partial charge is 0.261 e. The lowest BCUT2D eigenvalue weighted by molar-refractivity contribution is 0.610. The van der Waals surface area contributed by atoms with Gasteiger partial charge in [-0.15, -0.1) is 0 Å². The molecule has 84 valence electrons. The fourth-order valence-electron chi connectivity index (χ4n) is 1.39. The molecule has 0 unspecified atom stereocenters. The summed E-state index contributed by atoms with van der Waals surface area (Å²) in [7, 11) is 1.47. The summed E-state index contributed by atoms with van der Waals surface area (Å²) in [5.41, 5.74) is 0. The number of fused-ring (bicyclic) bond motifs is 1. The number of hydrogen-bond donors (Lipinski definition) is 0. The van der Waals surface area contributed by atoms with E-state index in [0.717, 1.165) is 0 Å². The van der Waals surface area contributed by atoms with Gasteiger partial charge >= 0.3 is 0 Å². The lowest BCUT2D eigenvalue weighted by Gasteiger charge is -2.04. The molecule has 0 aliphatic heterocycles. The molecular weight excluding hydrogens is 293 g/mol. The van der Waals surface area contributed by atoms with E-state index in [0.29, 0.717) is 10.8 Å². The second-order valence-electron chi connectivity index (χ2n) is 3.02. The second-order valence-corrected chi connectivity index (χ2v) is 6.30. The van der Waals surface area contributed by atoms with Gasteiger partial charge in [0.05, 0.1) is 4.90 Å². The fourth-order valence-corrected chi connectivity index (χ4v) is 2.96. The second kappa shape index (κ2) is 4.04. The minimum Gasteiger partial charge on any atom is -0.224 e. The molecule has 0 saturated carbocycles. The highest BCUT2D eigenvalue weighted by Crippen LogP contribution is 2.31. The summed E-state index contributed by atoms with van der Waals surface area (Å²) >= 11 is 11.6. The maximum absolute atomic E-state index is 11.3. The molecule has 1 aromatic carbocycles. The summed E-state index contributed by atoms with van der Waals surface area (Å²) in [6, 6.07) is 5.99. The lowest BCUT2D eigenvalue weighted by Crippen LogP contribution is -1.93. The van der Waals surface area contributed by atoms with Gasteiger partial charge in [-0.2, -0.15) is 0 Å². The molecule has 0 amide bonds. The number of aromatic nitrogens is 1. The first-order valence-corrected chi connectivity index (χ1v) is 7.15. The number of halogens is 3. The Balaban J connectivity index is 2.98. The quantitative estimate of drug-likeness (QED) is 0.598. The van der Waals surface area contributed by atoms with Crippen molar-refractivity contribution in [3.63, 3.8) is 0 Å². The Labute approximate surface area is 106 Å². The van der Waals surface area contributed by atoms with E-state index >= 15 is 0 Å². The minimum absolute atomic E-state index is 0.0298. The number of hydrogen-bond acceptors (Lipinski definition) is 3. The summed E-state index contributed by atoms with van der Waals surface area (Å²) in [5.74, 6) is 0. The highest BCUT2D eigenvalue weighted by atomic mass is 35.7. The van der Waals surface area contributed by atoms with Gasteiger partial charge in [0.1, 0.15) is 10.3 Å². The van der Waals surface area contributed by atoms with Crippen LogP contribution in [0.2, 0.25) is 10.3 Å². The topological polar surface area (TPSA) is 47.0 Å². The van der Waals surface area contributed by atoms with Crippen molar-refractivity contribution in [3.05, 3.63) is 34.6 Å². The van der Waals surface area contributed by atoms with Crippen LogP contribution in [0.25, 0.3) is 10.8 Å². The molecule has 1 aromatic heterocycles. The number of pyridine rings is 1. The van der Waals surface area contributed by atoms with Crippen LogP contribution in [0.3, 0.4) is 0 Å². The third-order valence-corrected chi connectivity index (χ3v) is 3.88. The lowest BCUT2D eigenvalue weighted by atomic mass is 10.2. The zero-order chi connectivity index (χ0) is 11.9. The fraction of sp³-hybridized carbons (Fsp3) is 0. The Morgan fingerprint density at radius 1 is 1.12 bits per heavy atom. The van der Waals surface area contributed by atoms with Crippen LogP contribution in [0.4, 0.5) is 0 Å². The molecule has 3 nitrogen and oxygen atoms in total. The van der Waals surface area contributed by atoms with Crippen molar-refractivity contribution in [1.82, 2.24) is 4.98 Å². The van der Waals surface area contributed by atoms with Crippen molar-refractivity contribution < 1.29 is 8.42 Å². The Morgan fingerprint density at radius 3 is 2.44 bits per heavy atom. The average molecular weight is 297 g/mol. The monoisotopic (exact) mass is 295 g/mol. The predicted molar refractivity (Wildman–Crippen MR) is 64.8 cm³/mol. The van der Waals surface area contributed by atoms with Gasteiger partial charge in [0.25, 0.3) is 9.05 Å². The van der Waals surface area contributed by atoms with Crippen molar-refractivity contribution >= 4 is 53.7 Å². The number of nitrogens with zero attached hydrogens (tertiary/aromatic N) is 1. The van der Waals surface area contributed by atoms with Crippen LogP contribution in [-0.2, 0) is 9.05 Å². The Bertz CT molecular complexity index is 670. The van der Waals surface area contributed by atoms with Crippen LogP contribution in [0.1, 0.15) is 0 Å². The first-order valence-electron chi connectivity index (χ1n) is 4.09. The van der Waals surface area contributed by atoms with Gasteiger partial charge in [0.2, 0.25) is 0 Å². The molecule has 0 radical (unpaired) electrons. The van der Waals surface area contributed by atoms with Gasteiger partial charge in [0.15, 0.2) is 0 Å². The van der Waals surface area contributed by atoms with Crippen molar-refractivity contribution in [3.8, 4) is 0 Å². The molecule has 0 aliphatic carbocycles. The first kappa shape index (κ1) is 11.9. The van der Waals surface area contributed by atoms with Gasteiger partial charge in [-0.3, -0.25) is 0 Å². The van der Waals surface area contributed by atoms with E-state index in [9.17, 15) is 8.42 Å². The van der Waals surface area contributed by atoms with Crippen LogP contribution in [0, 0.1) is 0 Å². The van der Waals surface area contributed by atoms with Gasteiger partial charge in [-0.25, -0.2) is 13.4 Å². The summed E-state index contributed by atoms with van der Waals surface area (Å²) in [6.07, 6.45) is 0. The molecule has 0 N–H and O–H groups in total. The van der Waals surface area contributed by atoms with E-state index in [2.05, 4.69) is 4.98 Å². The third-order valence-electron chi connectivity index (χ3n) is 2.02. The zero-order valence-electron chi connectivity index (χ0n) is 7.62. The minimum atomic E-state index is -3.84. The van der Waals surface area contributed by atoms with Gasteiger partial charge in [0, 0.05) is 21.5 Å². The highest BCUT2D eigenvalue weighted by Gasteiger charge is 2.16. The van der Waals surface area contributed by atoms with Crippen LogP contribution in [-0.4, -0.2) is 13.4 Å². The molecule has 0 bridgehead atoms. The van der Waals surface area contributed by atoms with Crippen LogP contribution in [0.5, 0.6) is 0 Å². The molecule has 0 fully saturated rings. The Hall–Kier alpha value is -0.550. The molecule has 0 atom stereocenters. The van der Waals surface area contributed by atoms with Crippen molar-refractivity contribution in [2.45, 2.75) is 4.90 Å². The molecule has 1 heterocycles. The van der Waals surface area contributed by atoms with E-state index in [-0.39, 0.29) is 15.2 Å². The van der Waals surface area contributed by atoms with Crippen molar-refractivity contribution in [1.29, 1.82) is 0 Å². The van der Waals surface area contributed by atoms with E-state index in [1.54, 1.807) is 12.1 Å². The molecule has 0 saturated heterocycles. The van der Waals surface area contributed by atoms with E-state index in [4.69, 9.17) is 33.9 Å². The van der Waals surface area contributed by atoms with Crippen LogP contribution in [0.15, 0.2) is 29.2 Å².